The van der Waals surface area contributed by atoms with Gasteiger partial charge in [-0.1, -0.05) is 37.3 Å². The predicted octanol–water partition coefficient (Wildman–Crippen LogP) is 1.90. The van der Waals surface area contributed by atoms with Gasteiger partial charge in [0.15, 0.2) is 6.61 Å². The average molecular weight is 332 g/mol. The molecule has 0 aliphatic heterocycles. The van der Waals surface area contributed by atoms with Crippen molar-refractivity contribution in [3.63, 3.8) is 0 Å². The molecule has 1 unspecified atom stereocenters. The topological polar surface area (TPSA) is 58.6 Å². The van der Waals surface area contributed by atoms with E-state index >= 15 is 0 Å². The molecule has 0 bridgehead atoms. The van der Waals surface area contributed by atoms with Crippen molar-refractivity contribution in [3.8, 4) is 0 Å². The molecule has 5 nitrogen and oxygen atoms in total. The molecular weight excluding hydrogens is 313 g/mol. The normalized spacial score (nSPS) is 12.8. The fraction of sp³-hybridized carbons (Fsp3) is 0.467. The molecule has 1 aromatic carbocycles. The highest BCUT2D eigenvalue weighted by atomic mass is 19.4. The van der Waals surface area contributed by atoms with Crippen LogP contribution in [-0.2, 0) is 14.3 Å². The van der Waals surface area contributed by atoms with Gasteiger partial charge in [-0.05, 0) is 19.2 Å². The van der Waals surface area contributed by atoms with Crippen molar-refractivity contribution < 1.29 is 27.5 Å². The Kier molecular flexibility index (Phi) is 7.02. The van der Waals surface area contributed by atoms with Gasteiger partial charge in [0.05, 0.1) is 0 Å². The number of nitrogens with one attached hydrogen (secondary N) is 1. The third-order valence-corrected chi connectivity index (χ3v) is 3.11. The molecule has 1 N–H and O–H groups in total. The Hall–Kier alpha value is -2.09. The summed E-state index contributed by atoms with van der Waals surface area (Å²) in [7, 11) is 1.71. The van der Waals surface area contributed by atoms with E-state index in [1.54, 1.807) is 47.6 Å². The van der Waals surface area contributed by atoms with Crippen molar-refractivity contribution in [1.29, 1.82) is 0 Å². The molecule has 0 aromatic heterocycles. The van der Waals surface area contributed by atoms with Crippen LogP contribution in [0, 0.1) is 0 Å². The number of ether oxygens (including phenoxy) is 1. The number of benzene rings is 1. The molecule has 0 spiro atoms. The zero-order valence-corrected chi connectivity index (χ0v) is 12.9. The highest BCUT2D eigenvalue weighted by Gasteiger charge is 2.29. The number of esters is 1. The van der Waals surface area contributed by atoms with Gasteiger partial charge >= 0.3 is 12.1 Å². The fourth-order valence-corrected chi connectivity index (χ4v) is 1.85. The van der Waals surface area contributed by atoms with Gasteiger partial charge in [0.1, 0.15) is 12.6 Å². The quantitative estimate of drug-likeness (QED) is 0.775. The zero-order valence-electron chi connectivity index (χ0n) is 12.9. The lowest BCUT2D eigenvalue weighted by atomic mass is 10.1. The van der Waals surface area contributed by atoms with Crippen LogP contribution in [0.15, 0.2) is 30.3 Å². The Morgan fingerprint density at radius 2 is 1.87 bits per heavy atom. The molecule has 0 saturated heterocycles. The lowest BCUT2D eigenvalue weighted by Crippen LogP contribution is -2.38. The first-order valence-corrected chi connectivity index (χ1v) is 7.00. The summed E-state index contributed by atoms with van der Waals surface area (Å²) >= 11 is 0. The number of carbonyl (C=O) groups is 2. The van der Waals surface area contributed by atoms with E-state index in [-0.39, 0.29) is 0 Å². The Morgan fingerprint density at radius 3 is 2.39 bits per heavy atom. The smallest absolute Gasteiger partial charge is 0.405 e. The van der Waals surface area contributed by atoms with Gasteiger partial charge in [-0.25, -0.2) is 4.79 Å². The Morgan fingerprint density at radius 1 is 1.26 bits per heavy atom. The van der Waals surface area contributed by atoms with Gasteiger partial charge in [0.2, 0.25) is 0 Å². The molecule has 1 aromatic rings. The van der Waals surface area contributed by atoms with Crippen LogP contribution in [0.1, 0.15) is 18.5 Å². The maximum absolute atomic E-state index is 12.2. The van der Waals surface area contributed by atoms with Crippen LogP contribution in [0.5, 0.6) is 0 Å². The Balaban J connectivity index is 2.63. The van der Waals surface area contributed by atoms with E-state index in [1.165, 1.54) is 0 Å². The third-order valence-electron chi connectivity index (χ3n) is 3.11. The minimum atomic E-state index is -4.51. The number of hydrogen-bond acceptors (Lipinski definition) is 4. The average Bonchev–Trinajstić information content (AvgIpc) is 2.51. The molecule has 0 heterocycles. The van der Waals surface area contributed by atoms with Gasteiger partial charge < -0.3 is 10.1 Å². The van der Waals surface area contributed by atoms with E-state index in [4.69, 9.17) is 4.74 Å². The van der Waals surface area contributed by atoms with Crippen LogP contribution in [0.25, 0.3) is 0 Å². The molecule has 128 valence electrons. The molecule has 0 aliphatic carbocycles. The van der Waals surface area contributed by atoms with E-state index in [1.807, 2.05) is 6.92 Å². The van der Waals surface area contributed by atoms with E-state index in [0.29, 0.717) is 12.1 Å². The lowest BCUT2D eigenvalue weighted by Gasteiger charge is -2.25. The molecule has 1 amide bonds. The predicted molar refractivity (Wildman–Crippen MR) is 77.5 cm³/mol. The first kappa shape index (κ1) is 19.0. The highest BCUT2D eigenvalue weighted by Crippen LogP contribution is 2.20. The van der Waals surface area contributed by atoms with Gasteiger partial charge in [-0.15, -0.1) is 0 Å². The summed E-state index contributed by atoms with van der Waals surface area (Å²) in [6, 6.07) is 8.06. The van der Waals surface area contributed by atoms with Crippen molar-refractivity contribution in [3.05, 3.63) is 35.9 Å². The van der Waals surface area contributed by atoms with Gasteiger partial charge in [-0.2, -0.15) is 13.2 Å². The van der Waals surface area contributed by atoms with Crippen molar-refractivity contribution >= 4 is 11.9 Å². The van der Waals surface area contributed by atoms with Crippen LogP contribution in [-0.4, -0.2) is 49.7 Å². The maximum Gasteiger partial charge on any atom is 0.405 e. The summed E-state index contributed by atoms with van der Waals surface area (Å²) in [5.74, 6) is -1.69. The van der Waals surface area contributed by atoms with Crippen LogP contribution >= 0.6 is 0 Å². The molecule has 23 heavy (non-hydrogen) atoms. The van der Waals surface area contributed by atoms with Crippen LogP contribution in [0.3, 0.4) is 0 Å². The van der Waals surface area contributed by atoms with Gasteiger partial charge in [-0.3, -0.25) is 9.69 Å². The van der Waals surface area contributed by atoms with E-state index in [9.17, 15) is 22.8 Å². The number of likely N-dealkylation sites (N-methyl/N-ethyl adjacent to an activating group) is 1. The summed E-state index contributed by atoms with van der Waals surface area (Å²) in [5, 5.41) is 1.65. The summed E-state index contributed by atoms with van der Waals surface area (Å²) in [5.41, 5.74) is 0.678. The Labute approximate surface area is 132 Å². The second kappa shape index (κ2) is 8.52. The van der Waals surface area contributed by atoms with Gasteiger partial charge in [0.25, 0.3) is 5.91 Å². The number of carbonyl (C=O) groups excluding carboxylic acids is 2. The fourth-order valence-electron chi connectivity index (χ4n) is 1.85. The number of nitrogens with zero attached hydrogens (tertiary/aromatic N) is 1. The molecule has 0 saturated carbocycles. The monoisotopic (exact) mass is 332 g/mol. The van der Waals surface area contributed by atoms with E-state index in [2.05, 4.69) is 0 Å². The first-order chi connectivity index (χ1) is 10.7. The molecule has 0 radical (unpaired) electrons. The van der Waals surface area contributed by atoms with Crippen molar-refractivity contribution in [1.82, 2.24) is 10.2 Å². The number of amides is 1. The molecular formula is C15H19F3N2O3. The van der Waals surface area contributed by atoms with Crippen LogP contribution < -0.4 is 5.32 Å². The standard InChI is InChI=1S/C15H19F3N2O3/c1-3-20(2)13(11-7-5-4-6-8-11)14(22)23-9-12(21)19-10-15(16,17)18/h4-8,13H,3,9-10H2,1-2H3,(H,19,21). The number of alkyl halides is 3. The zero-order chi connectivity index (χ0) is 17.5. The minimum Gasteiger partial charge on any atom is -0.454 e. The van der Waals surface area contributed by atoms with Crippen molar-refractivity contribution in [2.75, 3.05) is 26.7 Å². The lowest BCUT2D eigenvalue weighted by molar-refractivity contribution is -0.155. The van der Waals surface area contributed by atoms with Crippen LogP contribution in [0.2, 0.25) is 0 Å². The third kappa shape index (κ3) is 6.68. The number of halogens is 3. The van der Waals surface area contributed by atoms with E-state index in [0.717, 1.165) is 0 Å². The molecule has 8 heteroatoms. The summed E-state index contributed by atoms with van der Waals surface area (Å²) in [6.45, 7) is 0.185. The highest BCUT2D eigenvalue weighted by molar-refractivity contribution is 5.83. The molecule has 1 atom stereocenters. The largest absolute Gasteiger partial charge is 0.454 e. The summed E-state index contributed by atoms with van der Waals surface area (Å²) in [6.07, 6.45) is -4.51. The van der Waals surface area contributed by atoms with E-state index < -0.39 is 37.2 Å². The number of hydrogen-bond donors (Lipinski definition) is 1. The van der Waals surface area contributed by atoms with Crippen molar-refractivity contribution in [2.45, 2.75) is 19.1 Å². The molecule has 0 aliphatic rings. The first-order valence-electron chi connectivity index (χ1n) is 7.00. The van der Waals surface area contributed by atoms with Gasteiger partial charge in [0, 0.05) is 0 Å². The van der Waals surface area contributed by atoms with Crippen molar-refractivity contribution in [2.24, 2.45) is 0 Å². The SMILES string of the molecule is CCN(C)C(C(=O)OCC(=O)NCC(F)(F)F)c1ccccc1. The Bertz CT molecular complexity index is 520. The second-order valence-electron chi connectivity index (χ2n) is 4.89. The molecule has 0 fully saturated rings. The molecule has 1 rings (SSSR count). The maximum atomic E-state index is 12.2. The minimum absolute atomic E-state index is 0.551. The summed E-state index contributed by atoms with van der Waals surface area (Å²) in [4.78, 5) is 25.2. The number of rotatable bonds is 7. The second-order valence-corrected chi connectivity index (χ2v) is 4.89. The summed E-state index contributed by atoms with van der Waals surface area (Å²) < 4.78 is 40.8. The van der Waals surface area contributed by atoms with Crippen LogP contribution in [0.4, 0.5) is 13.2 Å².